The highest BCUT2D eigenvalue weighted by atomic mass is 16.5. The van der Waals surface area contributed by atoms with Crippen LogP contribution in [0, 0.1) is 18.3 Å². The molecule has 0 saturated heterocycles. The van der Waals surface area contributed by atoms with E-state index in [0.717, 1.165) is 28.3 Å². The maximum Gasteiger partial charge on any atom is 0.229 e. The van der Waals surface area contributed by atoms with Gasteiger partial charge in [-0.05, 0) is 50.6 Å². The van der Waals surface area contributed by atoms with Crippen molar-refractivity contribution in [2.45, 2.75) is 32.8 Å². The van der Waals surface area contributed by atoms with E-state index >= 15 is 0 Å². The van der Waals surface area contributed by atoms with Gasteiger partial charge in [-0.1, -0.05) is 30.3 Å². The Morgan fingerprint density at radius 1 is 1.14 bits per heavy atom. The van der Waals surface area contributed by atoms with Crippen LogP contribution in [0.2, 0.25) is 0 Å². The molecule has 6 heteroatoms. The van der Waals surface area contributed by atoms with Gasteiger partial charge in [-0.25, -0.2) is 4.68 Å². The van der Waals surface area contributed by atoms with Crippen LogP contribution in [0.15, 0.2) is 66.1 Å². The molecular weight excluding hydrogens is 364 g/mol. The van der Waals surface area contributed by atoms with Crippen LogP contribution in [0.4, 0.5) is 0 Å². The maximum atomic E-state index is 9.79. The van der Waals surface area contributed by atoms with Crippen molar-refractivity contribution in [2.24, 2.45) is 5.73 Å². The molecule has 2 aromatic carbocycles. The summed E-state index contributed by atoms with van der Waals surface area (Å²) in [5.74, 6) is 1.07. The average molecular weight is 386 g/mol. The number of aryl methyl sites for hydroxylation is 1. The van der Waals surface area contributed by atoms with Crippen LogP contribution in [-0.4, -0.2) is 15.9 Å². The van der Waals surface area contributed by atoms with Gasteiger partial charge in [-0.3, -0.25) is 0 Å². The van der Waals surface area contributed by atoms with Gasteiger partial charge < -0.3 is 15.2 Å². The lowest BCUT2D eigenvalue weighted by molar-refractivity contribution is 0.242. The Labute approximate surface area is 169 Å². The van der Waals surface area contributed by atoms with Gasteiger partial charge >= 0.3 is 0 Å². The van der Waals surface area contributed by atoms with E-state index in [0.29, 0.717) is 11.5 Å². The zero-order chi connectivity index (χ0) is 20.5. The highest BCUT2D eigenvalue weighted by Crippen LogP contribution is 2.44. The highest BCUT2D eigenvalue weighted by Gasteiger charge is 2.36. The molecule has 2 heterocycles. The molecule has 0 bridgehead atoms. The summed E-state index contributed by atoms with van der Waals surface area (Å²) in [5.41, 5.74) is 9.96. The SMILES string of the molecule is Cc1nn(-c2ccccc2)c2c1C(c1ccc(OC(C)C)cc1)C(C#N)=C(N)O2. The van der Waals surface area contributed by atoms with E-state index in [1.54, 1.807) is 4.68 Å². The maximum absolute atomic E-state index is 9.79. The third-order valence-corrected chi connectivity index (χ3v) is 4.82. The van der Waals surface area contributed by atoms with Crippen LogP contribution >= 0.6 is 0 Å². The molecule has 1 atom stereocenters. The summed E-state index contributed by atoms with van der Waals surface area (Å²) >= 11 is 0. The fourth-order valence-corrected chi connectivity index (χ4v) is 3.60. The number of hydrogen-bond acceptors (Lipinski definition) is 5. The molecule has 1 aliphatic rings. The molecular formula is C23H22N4O2. The van der Waals surface area contributed by atoms with E-state index in [-0.39, 0.29) is 17.9 Å². The molecule has 146 valence electrons. The first kappa shape index (κ1) is 18.6. The quantitative estimate of drug-likeness (QED) is 0.727. The normalized spacial score (nSPS) is 15.6. The Hall–Kier alpha value is -3.72. The number of nitrogens with zero attached hydrogens (tertiary/aromatic N) is 3. The van der Waals surface area contributed by atoms with E-state index in [2.05, 4.69) is 11.2 Å². The Balaban J connectivity index is 1.85. The predicted octanol–water partition coefficient (Wildman–Crippen LogP) is 4.19. The summed E-state index contributed by atoms with van der Waals surface area (Å²) in [6, 6.07) is 19.7. The smallest absolute Gasteiger partial charge is 0.229 e. The Morgan fingerprint density at radius 2 is 1.83 bits per heavy atom. The second kappa shape index (κ2) is 7.36. The Kier molecular flexibility index (Phi) is 4.73. The number of benzene rings is 2. The lowest BCUT2D eigenvalue weighted by Crippen LogP contribution is -2.22. The van der Waals surface area contributed by atoms with E-state index in [4.69, 9.17) is 15.2 Å². The third-order valence-electron chi connectivity index (χ3n) is 4.82. The van der Waals surface area contributed by atoms with E-state index in [1.807, 2.05) is 75.4 Å². The number of ether oxygens (including phenoxy) is 2. The first-order valence-electron chi connectivity index (χ1n) is 9.48. The molecule has 0 aliphatic carbocycles. The van der Waals surface area contributed by atoms with Gasteiger partial charge in [0.1, 0.15) is 17.4 Å². The minimum atomic E-state index is -0.352. The van der Waals surface area contributed by atoms with Crippen LogP contribution in [-0.2, 0) is 0 Å². The van der Waals surface area contributed by atoms with Crippen LogP contribution in [0.3, 0.4) is 0 Å². The first-order valence-corrected chi connectivity index (χ1v) is 9.48. The monoisotopic (exact) mass is 386 g/mol. The molecule has 0 saturated carbocycles. The zero-order valence-corrected chi connectivity index (χ0v) is 16.6. The molecule has 0 fully saturated rings. The number of allylic oxidation sites excluding steroid dienone is 1. The minimum Gasteiger partial charge on any atom is -0.491 e. The molecule has 1 aliphatic heterocycles. The summed E-state index contributed by atoms with van der Waals surface area (Å²) in [6.07, 6.45) is 0.0899. The summed E-state index contributed by atoms with van der Waals surface area (Å²) in [5, 5.41) is 14.5. The number of nitrogens with two attached hydrogens (primary N) is 1. The fraction of sp³-hybridized carbons (Fsp3) is 0.217. The predicted molar refractivity (Wildman–Crippen MR) is 110 cm³/mol. The summed E-state index contributed by atoms with van der Waals surface area (Å²) < 4.78 is 13.4. The van der Waals surface area contributed by atoms with Gasteiger partial charge in [0.25, 0.3) is 0 Å². The number of fused-ring (bicyclic) bond motifs is 1. The fourth-order valence-electron chi connectivity index (χ4n) is 3.60. The van der Waals surface area contributed by atoms with Crippen molar-refractivity contribution in [1.82, 2.24) is 9.78 Å². The van der Waals surface area contributed by atoms with Crippen LogP contribution < -0.4 is 15.2 Å². The van der Waals surface area contributed by atoms with Crippen LogP contribution in [0.1, 0.15) is 36.6 Å². The van der Waals surface area contributed by atoms with Gasteiger partial charge in [0.2, 0.25) is 11.8 Å². The number of hydrogen-bond donors (Lipinski definition) is 1. The van der Waals surface area contributed by atoms with Crippen molar-refractivity contribution < 1.29 is 9.47 Å². The Morgan fingerprint density at radius 3 is 2.45 bits per heavy atom. The van der Waals surface area contributed by atoms with E-state index in [1.165, 1.54) is 0 Å². The van der Waals surface area contributed by atoms with Crippen LogP contribution in [0.5, 0.6) is 11.6 Å². The average Bonchev–Trinajstić information content (AvgIpc) is 3.04. The van der Waals surface area contributed by atoms with Crippen molar-refractivity contribution in [2.75, 3.05) is 0 Å². The van der Waals surface area contributed by atoms with Crippen molar-refractivity contribution >= 4 is 0 Å². The largest absolute Gasteiger partial charge is 0.491 e. The molecule has 0 spiro atoms. The zero-order valence-electron chi connectivity index (χ0n) is 16.6. The number of rotatable bonds is 4. The second-order valence-electron chi connectivity index (χ2n) is 7.21. The van der Waals surface area contributed by atoms with E-state index in [9.17, 15) is 5.26 Å². The number of aromatic nitrogens is 2. The molecule has 0 amide bonds. The van der Waals surface area contributed by atoms with Crippen molar-refractivity contribution in [3.63, 3.8) is 0 Å². The minimum absolute atomic E-state index is 0.0899. The molecule has 4 rings (SSSR count). The molecule has 3 aromatic rings. The van der Waals surface area contributed by atoms with Crippen molar-refractivity contribution in [3.8, 4) is 23.4 Å². The third kappa shape index (κ3) is 3.32. The lowest BCUT2D eigenvalue weighted by atomic mass is 9.84. The van der Waals surface area contributed by atoms with Gasteiger partial charge in [0.15, 0.2) is 0 Å². The molecule has 29 heavy (non-hydrogen) atoms. The number of para-hydroxylation sites is 1. The lowest BCUT2D eigenvalue weighted by Gasteiger charge is -2.25. The topological polar surface area (TPSA) is 86.1 Å². The van der Waals surface area contributed by atoms with Crippen molar-refractivity contribution in [1.29, 1.82) is 5.26 Å². The summed E-state index contributed by atoms with van der Waals surface area (Å²) in [6.45, 7) is 5.88. The van der Waals surface area contributed by atoms with Gasteiger partial charge in [-0.2, -0.15) is 10.4 Å². The molecule has 1 aromatic heterocycles. The van der Waals surface area contributed by atoms with Crippen molar-refractivity contribution in [3.05, 3.63) is 82.9 Å². The summed E-state index contributed by atoms with van der Waals surface area (Å²) in [4.78, 5) is 0. The Bertz CT molecular complexity index is 1110. The second-order valence-corrected chi connectivity index (χ2v) is 7.21. The number of nitriles is 1. The van der Waals surface area contributed by atoms with E-state index < -0.39 is 0 Å². The standard InChI is InChI=1S/C23H22N4O2/c1-14(2)28-18-11-9-16(10-12-18)21-19(13-24)22(25)29-23-20(21)15(3)26-27(23)17-7-5-4-6-8-17/h4-12,14,21H,25H2,1-3H3. The van der Waals surface area contributed by atoms with Gasteiger partial charge in [0, 0.05) is 0 Å². The van der Waals surface area contributed by atoms with Gasteiger partial charge in [-0.15, -0.1) is 0 Å². The van der Waals surface area contributed by atoms with Gasteiger partial charge in [0.05, 0.1) is 29.0 Å². The van der Waals surface area contributed by atoms with Crippen LogP contribution in [0.25, 0.3) is 5.69 Å². The molecule has 2 N–H and O–H groups in total. The highest BCUT2D eigenvalue weighted by molar-refractivity contribution is 5.57. The molecule has 1 unspecified atom stereocenters. The molecule has 0 radical (unpaired) electrons. The first-order chi connectivity index (χ1) is 14.0. The molecule has 6 nitrogen and oxygen atoms in total. The summed E-state index contributed by atoms with van der Waals surface area (Å²) in [7, 11) is 0.